The van der Waals surface area contributed by atoms with E-state index in [4.69, 9.17) is 0 Å². The minimum absolute atomic E-state index is 0.165. The summed E-state index contributed by atoms with van der Waals surface area (Å²) in [5.74, 6) is -0.384. The molecule has 0 aliphatic carbocycles. The lowest BCUT2D eigenvalue weighted by atomic mass is 10.2. The van der Waals surface area contributed by atoms with Gasteiger partial charge in [-0.15, -0.1) is 0 Å². The number of rotatable bonds is 2. The van der Waals surface area contributed by atoms with Crippen LogP contribution < -0.4 is 0 Å². The van der Waals surface area contributed by atoms with Crippen LogP contribution in [0.15, 0.2) is 29.2 Å². The van der Waals surface area contributed by atoms with E-state index in [-0.39, 0.29) is 22.2 Å². The van der Waals surface area contributed by atoms with Crippen LogP contribution in [0.3, 0.4) is 0 Å². The SMILES string of the molecule is Cc1ccc(S(=O)(=O)N2CCC(Br)C2=O)cc1. The van der Waals surface area contributed by atoms with Crippen molar-refractivity contribution in [1.82, 2.24) is 4.31 Å². The van der Waals surface area contributed by atoms with Crippen molar-refractivity contribution in [3.63, 3.8) is 0 Å². The molecular formula is C11H12BrNO3S. The van der Waals surface area contributed by atoms with Gasteiger partial charge in [-0.3, -0.25) is 4.79 Å². The zero-order chi connectivity index (χ0) is 12.6. The van der Waals surface area contributed by atoms with Crippen LogP contribution in [-0.4, -0.2) is 30.0 Å². The summed E-state index contributed by atoms with van der Waals surface area (Å²) in [5, 5.41) is 0. The second kappa shape index (κ2) is 4.42. The van der Waals surface area contributed by atoms with Crippen molar-refractivity contribution in [1.29, 1.82) is 0 Å². The average molecular weight is 318 g/mol. The molecule has 1 aromatic carbocycles. The van der Waals surface area contributed by atoms with Crippen molar-refractivity contribution in [3.8, 4) is 0 Å². The highest BCUT2D eigenvalue weighted by molar-refractivity contribution is 9.10. The minimum atomic E-state index is -3.68. The molecule has 0 radical (unpaired) electrons. The average Bonchev–Trinajstić information content (AvgIpc) is 2.61. The first-order valence-corrected chi connectivity index (χ1v) is 7.56. The van der Waals surface area contributed by atoms with Crippen molar-refractivity contribution in [3.05, 3.63) is 29.8 Å². The molecule has 1 heterocycles. The van der Waals surface area contributed by atoms with Gasteiger partial charge in [-0.1, -0.05) is 33.6 Å². The Morgan fingerprint density at radius 3 is 2.35 bits per heavy atom. The first-order chi connectivity index (χ1) is 7.93. The summed E-state index contributed by atoms with van der Waals surface area (Å²) in [6.45, 7) is 2.12. The number of carbonyl (C=O) groups excluding carboxylic acids is 1. The van der Waals surface area contributed by atoms with Crippen LogP contribution >= 0.6 is 15.9 Å². The molecule has 0 saturated carbocycles. The van der Waals surface area contributed by atoms with Crippen molar-refractivity contribution < 1.29 is 13.2 Å². The maximum Gasteiger partial charge on any atom is 0.266 e. The summed E-state index contributed by atoms with van der Waals surface area (Å²) in [7, 11) is -3.68. The Kier molecular flexibility index (Phi) is 3.27. The normalized spacial score (nSPS) is 20.9. The number of halogens is 1. The molecule has 1 aliphatic heterocycles. The Hall–Kier alpha value is -0.880. The van der Waals surface area contributed by atoms with Crippen LogP contribution in [0.4, 0.5) is 0 Å². The molecule has 1 aliphatic rings. The Morgan fingerprint density at radius 2 is 1.88 bits per heavy atom. The first kappa shape index (κ1) is 12.6. The van der Waals surface area contributed by atoms with Crippen LogP contribution in [0.5, 0.6) is 0 Å². The molecular weight excluding hydrogens is 306 g/mol. The number of aryl methyl sites for hydroxylation is 1. The van der Waals surface area contributed by atoms with E-state index in [1.807, 2.05) is 6.92 Å². The van der Waals surface area contributed by atoms with Gasteiger partial charge in [-0.05, 0) is 25.5 Å². The number of alkyl halides is 1. The molecule has 1 amide bonds. The predicted molar refractivity (Wildman–Crippen MR) is 67.4 cm³/mol. The number of hydrogen-bond donors (Lipinski definition) is 0. The maximum absolute atomic E-state index is 12.2. The summed E-state index contributed by atoms with van der Waals surface area (Å²) in [4.78, 5) is 11.5. The van der Waals surface area contributed by atoms with E-state index >= 15 is 0 Å². The second-order valence-electron chi connectivity index (χ2n) is 3.98. The lowest BCUT2D eigenvalue weighted by Crippen LogP contribution is -2.33. The number of carbonyl (C=O) groups is 1. The van der Waals surface area contributed by atoms with Gasteiger partial charge < -0.3 is 0 Å². The zero-order valence-corrected chi connectivity index (χ0v) is 11.7. The lowest BCUT2D eigenvalue weighted by Gasteiger charge is -2.16. The summed E-state index contributed by atoms with van der Waals surface area (Å²) in [6.07, 6.45) is 0.518. The topological polar surface area (TPSA) is 54.5 Å². The van der Waals surface area contributed by atoms with Gasteiger partial charge in [0.1, 0.15) is 0 Å². The number of sulfonamides is 1. The summed E-state index contributed by atoms with van der Waals surface area (Å²) >= 11 is 3.17. The second-order valence-corrected chi connectivity index (χ2v) is 6.95. The smallest absolute Gasteiger partial charge is 0.266 e. The van der Waals surface area contributed by atoms with E-state index in [9.17, 15) is 13.2 Å². The van der Waals surface area contributed by atoms with E-state index in [0.717, 1.165) is 9.87 Å². The van der Waals surface area contributed by atoms with Crippen LogP contribution in [-0.2, 0) is 14.8 Å². The van der Waals surface area contributed by atoms with Crippen molar-refractivity contribution >= 4 is 31.9 Å². The summed E-state index contributed by atoms with van der Waals surface area (Å²) < 4.78 is 25.3. The fourth-order valence-electron chi connectivity index (χ4n) is 1.70. The van der Waals surface area contributed by atoms with Gasteiger partial charge in [0.05, 0.1) is 9.72 Å². The van der Waals surface area contributed by atoms with Gasteiger partial charge in [0, 0.05) is 6.54 Å². The van der Waals surface area contributed by atoms with Crippen molar-refractivity contribution in [2.24, 2.45) is 0 Å². The highest BCUT2D eigenvalue weighted by Crippen LogP contribution is 2.25. The van der Waals surface area contributed by atoms with E-state index in [2.05, 4.69) is 15.9 Å². The van der Waals surface area contributed by atoms with Crippen molar-refractivity contribution in [2.45, 2.75) is 23.1 Å². The Morgan fingerprint density at radius 1 is 1.29 bits per heavy atom. The van der Waals surface area contributed by atoms with E-state index in [0.29, 0.717) is 6.42 Å². The highest BCUT2D eigenvalue weighted by Gasteiger charge is 2.38. The Bertz CT molecular complexity index is 538. The fourth-order valence-corrected chi connectivity index (χ4v) is 3.73. The first-order valence-electron chi connectivity index (χ1n) is 5.20. The standard InChI is InChI=1S/C11H12BrNO3S/c1-8-2-4-9(5-3-8)17(15,16)13-7-6-10(12)11(13)14/h2-5,10H,6-7H2,1H3. The third-order valence-corrected chi connectivity index (χ3v) is 5.37. The Labute approximate surface area is 109 Å². The molecule has 1 aromatic rings. The van der Waals surface area contributed by atoms with Crippen molar-refractivity contribution in [2.75, 3.05) is 6.54 Å². The Balaban J connectivity index is 2.37. The quantitative estimate of drug-likeness (QED) is 0.780. The molecule has 92 valence electrons. The summed E-state index contributed by atoms with van der Waals surface area (Å²) in [5.41, 5.74) is 0.982. The molecule has 1 unspecified atom stereocenters. The lowest BCUT2D eigenvalue weighted by molar-refractivity contribution is -0.123. The molecule has 0 aromatic heterocycles. The van der Waals surface area contributed by atoms with Gasteiger partial charge in [0.15, 0.2) is 0 Å². The predicted octanol–water partition coefficient (Wildman–Crippen LogP) is 1.68. The van der Waals surface area contributed by atoms with Gasteiger partial charge >= 0.3 is 0 Å². The molecule has 0 bridgehead atoms. The number of amides is 1. The molecule has 6 heteroatoms. The summed E-state index contributed by atoms with van der Waals surface area (Å²) in [6, 6.07) is 6.50. The fraction of sp³-hybridized carbons (Fsp3) is 0.364. The van der Waals surface area contributed by atoms with Crippen LogP contribution in [0.1, 0.15) is 12.0 Å². The zero-order valence-electron chi connectivity index (χ0n) is 9.26. The van der Waals surface area contributed by atoms with Crippen LogP contribution in [0, 0.1) is 6.92 Å². The molecule has 17 heavy (non-hydrogen) atoms. The van der Waals surface area contributed by atoms with Gasteiger partial charge in [-0.25, -0.2) is 12.7 Å². The molecule has 4 nitrogen and oxygen atoms in total. The van der Waals surface area contributed by atoms with E-state index < -0.39 is 10.0 Å². The minimum Gasteiger partial charge on any atom is -0.272 e. The molecule has 0 spiro atoms. The molecule has 2 rings (SSSR count). The third-order valence-electron chi connectivity index (χ3n) is 2.71. The van der Waals surface area contributed by atoms with Gasteiger partial charge in [0.25, 0.3) is 10.0 Å². The van der Waals surface area contributed by atoms with E-state index in [1.165, 1.54) is 12.1 Å². The molecule has 0 N–H and O–H groups in total. The third kappa shape index (κ3) is 2.24. The number of hydrogen-bond acceptors (Lipinski definition) is 3. The number of benzene rings is 1. The largest absolute Gasteiger partial charge is 0.272 e. The molecule has 1 saturated heterocycles. The monoisotopic (exact) mass is 317 g/mol. The van der Waals surface area contributed by atoms with Gasteiger partial charge in [-0.2, -0.15) is 0 Å². The van der Waals surface area contributed by atoms with Crippen LogP contribution in [0.25, 0.3) is 0 Å². The highest BCUT2D eigenvalue weighted by atomic mass is 79.9. The number of nitrogens with zero attached hydrogens (tertiary/aromatic N) is 1. The van der Waals surface area contributed by atoms with E-state index in [1.54, 1.807) is 12.1 Å². The molecule has 1 fully saturated rings. The van der Waals surface area contributed by atoms with Crippen LogP contribution in [0.2, 0.25) is 0 Å². The van der Waals surface area contributed by atoms with Gasteiger partial charge in [0.2, 0.25) is 5.91 Å². The molecule has 1 atom stereocenters. The maximum atomic E-state index is 12.2.